The summed E-state index contributed by atoms with van der Waals surface area (Å²) in [6.07, 6.45) is 2.92. The lowest BCUT2D eigenvalue weighted by atomic mass is 10.2. The van der Waals surface area contributed by atoms with Crippen LogP contribution in [0, 0.1) is 0 Å². The first kappa shape index (κ1) is 14.1. The van der Waals surface area contributed by atoms with E-state index >= 15 is 0 Å². The van der Waals surface area contributed by atoms with Gasteiger partial charge in [0.25, 0.3) is 0 Å². The number of thiophene rings is 1. The maximum atomic E-state index is 12.0. The second-order valence-electron chi connectivity index (χ2n) is 4.73. The summed E-state index contributed by atoms with van der Waals surface area (Å²) in [6.45, 7) is 2.95. The van der Waals surface area contributed by atoms with Crippen molar-refractivity contribution in [2.24, 2.45) is 0 Å². The van der Waals surface area contributed by atoms with E-state index in [2.05, 4.69) is 0 Å². The van der Waals surface area contributed by atoms with Gasteiger partial charge < -0.3 is 9.64 Å². The van der Waals surface area contributed by atoms with Crippen LogP contribution < -0.4 is 0 Å². The Hall–Kier alpha value is -1.36. The number of amides is 1. The molecule has 1 amide bonds. The number of esters is 1. The van der Waals surface area contributed by atoms with E-state index < -0.39 is 0 Å². The molecular weight excluding hydrogens is 262 g/mol. The van der Waals surface area contributed by atoms with Crippen LogP contribution in [-0.2, 0) is 20.9 Å². The van der Waals surface area contributed by atoms with Gasteiger partial charge in [-0.2, -0.15) is 11.3 Å². The van der Waals surface area contributed by atoms with Crippen molar-refractivity contribution in [2.75, 3.05) is 6.54 Å². The molecule has 1 aliphatic heterocycles. The number of nitrogens with zero attached hydrogens (tertiary/aromatic N) is 1. The summed E-state index contributed by atoms with van der Waals surface area (Å²) in [5.41, 5.74) is 1.00. The van der Waals surface area contributed by atoms with Crippen LogP contribution in [0.25, 0.3) is 0 Å². The lowest BCUT2D eigenvalue weighted by Gasteiger charge is -2.23. The minimum Gasteiger partial charge on any atom is -0.459 e. The molecule has 1 atom stereocenters. The Morgan fingerprint density at radius 2 is 2.37 bits per heavy atom. The molecule has 1 aromatic heterocycles. The zero-order valence-corrected chi connectivity index (χ0v) is 11.9. The van der Waals surface area contributed by atoms with Gasteiger partial charge in [0.15, 0.2) is 0 Å². The van der Waals surface area contributed by atoms with E-state index in [9.17, 15) is 9.59 Å². The summed E-state index contributed by atoms with van der Waals surface area (Å²) in [5, 5.41) is 3.91. The second kappa shape index (κ2) is 6.70. The molecular formula is C14H19NO3S. The Morgan fingerprint density at radius 3 is 3.05 bits per heavy atom. The summed E-state index contributed by atoms with van der Waals surface area (Å²) in [5.74, 6) is -0.203. The Balaban J connectivity index is 1.88. The summed E-state index contributed by atoms with van der Waals surface area (Å²) in [7, 11) is 0. The molecule has 5 heteroatoms. The van der Waals surface area contributed by atoms with Gasteiger partial charge in [0.1, 0.15) is 12.6 Å². The van der Waals surface area contributed by atoms with Crippen molar-refractivity contribution < 1.29 is 14.3 Å². The number of ether oxygens (including phenoxy) is 1. The molecule has 1 aliphatic rings. The average Bonchev–Trinajstić information content (AvgIpc) is 3.07. The highest BCUT2D eigenvalue weighted by molar-refractivity contribution is 7.07. The molecule has 0 aromatic carbocycles. The molecule has 0 bridgehead atoms. The molecule has 2 rings (SSSR count). The van der Waals surface area contributed by atoms with E-state index in [-0.39, 0.29) is 17.9 Å². The summed E-state index contributed by atoms with van der Waals surface area (Å²) in [6, 6.07) is 1.56. The van der Waals surface area contributed by atoms with Crippen molar-refractivity contribution in [3.05, 3.63) is 22.4 Å². The maximum absolute atomic E-state index is 12.0. The first-order chi connectivity index (χ1) is 9.22. The molecule has 4 nitrogen and oxygen atoms in total. The molecule has 1 saturated heterocycles. The van der Waals surface area contributed by atoms with Crippen molar-refractivity contribution >= 4 is 23.2 Å². The molecule has 0 N–H and O–H groups in total. The quantitative estimate of drug-likeness (QED) is 0.779. The molecule has 0 spiro atoms. The van der Waals surface area contributed by atoms with Crippen molar-refractivity contribution in [1.29, 1.82) is 0 Å². The average molecular weight is 281 g/mol. The number of carbonyl (C=O) groups is 2. The summed E-state index contributed by atoms with van der Waals surface area (Å²) >= 11 is 1.58. The zero-order chi connectivity index (χ0) is 13.7. The number of rotatable bonds is 5. The maximum Gasteiger partial charge on any atom is 0.329 e. The van der Waals surface area contributed by atoms with Crippen LogP contribution in [0.5, 0.6) is 0 Å². The number of hydrogen-bond acceptors (Lipinski definition) is 4. The van der Waals surface area contributed by atoms with Crippen molar-refractivity contribution in [1.82, 2.24) is 4.90 Å². The van der Waals surface area contributed by atoms with Crippen molar-refractivity contribution in [3.63, 3.8) is 0 Å². The van der Waals surface area contributed by atoms with E-state index in [0.717, 1.165) is 24.8 Å². The molecule has 1 fully saturated rings. The van der Waals surface area contributed by atoms with Gasteiger partial charge >= 0.3 is 5.97 Å². The second-order valence-corrected chi connectivity index (χ2v) is 5.51. The topological polar surface area (TPSA) is 46.6 Å². The highest BCUT2D eigenvalue weighted by atomic mass is 32.1. The standard InChI is InChI=1S/C14H19NO3S/c1-2-4-13(16)15-7-3-5-12(15)14(17)18-9-11-6-8-19-10-11/h6,8,10,12H,2-5,7,9H2,1H3. The van der Waals surface area contributed by atoms with Gasteiger partial charge in [-0.1, -0.05) is 6.92 Å². The van der Waals surface area contributed by atoms with Gasteiger partial charge in [-0.05, 0) is 36.1 Å². The van der Waals surface area contributed by atoms with Gasteiger partial charge in [0, 0.05) is 18.5 Å². The Kier molecular flexibility index (Phi) is 4.96. The Morgan fingerprint density at radius 1 is 1.53 bits per heavy atom. The molecule has 104 valence electrons. The minimum atomic E-state index is -0.377. The van der Waals surface area contributed by atoms with Crippen LogP contribution in [-0.4, -0.2) is 29.4 Å². The fraction of sp³-hybridized carbons (Fsp3) is 0.571. The molecule has 1 unspecified atom stereocenters. The van der Waals surface area contributed by atoms with Crippen LogP contribution in [0.2, 0.25) is 0 Å². The predicted molar refractivity (Wildman–Crippen MR) is 73.8 cm³/mol. The smallest absolute Gasteiger partial charge is 0.329 e. The van der Waals surface area contributed by atoms with E-state index in [4.69, 9.17) is 4.74 Å². The largest absolute Gasteiger partial charge is 0.459 e. The van der Waals surface area contributed by atoms with Crippen molar-refractivity contribution in [3.8, 4) is 0 Å². The molecule has 19 heavy (non-hydrogen) atoms. The molecule has 0 saturated carbocycles. The summed E-state index contributed by atoms with van der Waals surface area (Å²) < 4.78 is 5.30. The zero-order valence-electron chi connectivity index (χ0n) is 11.1. The number of carbonyl (C=O) groups excluding carboxylic acids is 2. The van der Waals surface area contributed by atoms with Crippen molar-refractivity contribution in [2.45, 2.75) is 45.3 Å². The SMILES string of the molecule is CCCC(=O)N1CCCC1C(=O)OCc1ccsc1. The van der Waals surface area contributed by atoms with E-state index in [1.54, 1.807) is 16.2 Å². The van der Waals surface area contributed by atoms with Crippen LogP contribution in [0.1, 0.15) is 38.2 Å². The van der Waals surface area contributed by atoms with Crippen LogP contribution in [0.15, 0.2) is 16.8 Å². The molecule has 1 aromatic rings. The van der Waals surface area contributed by atoms with E-state index in [0.29, 0.717) is 19.6 Å². The van der Waals surface area contributed by atoms with E-state index in [1.165, 1.54) is 0 Å². The third kappa shape index (κ3) is 3.56. The first-order valence-electron chi connectivity index (χ1n) is 6.69. The first-order valence-corrected chi connectivity index (χ1v) is 7.64. The number of hydrogen-bond donors (Lipinski definition) is 0. The highest BCUT2D eigenvalue weighted by Crippen LogP contribution is 2.20. The minimum absolute atomic E-state index is 0.0671. The van der Waals surface area contributed by atoms with Crippen LogP contribution >= 0.6 is 11.3 Å². The third-order valence-electron chi connectivity index (χ3n) is 3.27. The predicted octanol–water partition coefficient (Wildman–Crippen LogP) is 2.58. The Bertz CT molecular complexity index is 430. The lowest BCUT2D eigenvalue weighted by molar-refractivity contribution is -0.154. The van der Waals surface area contributed by atoms with E-state index in [1.807, 2.05) is 23.8 Å². The van der Waals surface area contributed by atoms with Gasteiger partial charge in [-0.15, -0.1) is 0 Å². The molecule has 0 radical (unpaired) electrons. The van der Waals surface area contributed by atoms with Crippen LogP contribution in [0.4, 0.5) is 0 Å². The summed E-state index contributed by atoms with van der Waals surface area (Å²) in [4.78, 5) is 25.6. The van der Waals surface area contributed by atoms with Crippen LogP contribution in [0.3, 0.4) is 0 Å². The fourth-order valence-electron chi connectivity index (χ4n) is 2.29. The Labute approximate surface area is 117 Å². The number of likely N-dealkylation sites (tertiary alicyclic amines) is 1. The fourth-order valence-corrected chi connectivity index (χ4v) is 2.95. The van der Waals surface area contributed by atoms with Gasteiger partial charge in [-0.3, -0.25) is 4.79 Å². The highest BCUT2D eigenvalue weighted by Gasteiger charge is 2.34. The van der Waals surface area contributed by atoms with Gasteiger partial charge in [0.2, 0.25) is 5.91 Å². The lowest BCUT2D eigenvalue weighted by Crippen LogP contribution is -2.41. The molecule has 2 heterocycles. The van der Waals surface area contributed by atoms with Gasteiger partial charge in [-0.25, -0.2) is 4.79 Å². The molecule has 0 aliphatic carbocycles. The van der Waals surface area contributed by atoms with Gasteiger partial charge in [0.05, 0.1) is 0 Å². The third-order valence-corrected chi connectivity index (χ3v) is 4.00. The monoisotopic (exact) mass is 281 g/mol. The normalized spacial score (nSPS) is 18.6.